The molecule has 172 valence electrons. The van der Waals surface area contributed by atoms with Crippen molar-refractivity contribution in [1.82, 2.24) is 10.2 Å². The summed E-state index contributed by atoms with van der Waals surface area (Å²) in [7, 11) is 0. The summed E-state index contributed by atoms with van der Waals surface area (Å²) in [5, 5.41) is 4.19. The molecule has 3 rings (SSSR count). The third kappa shape index (κ3) is 7.62. The van der Waals surface area contributed by atoms with Gasteiger partial charge in [0, 0.05) is 29.1 Å². The van der Waals surface area contributed by atoms with E-state index in [1.54, 1.807) is 23.1 Å². The van der Waals surface area contributed by atoms with E-state index in [0.717, 1.165) is 16.7 Å². The van der Waals surface area contributed by atoms with E-state index in [0.29, 0.717) is 16.5 Å². The summed E-state index contributed by atoms with van der Waals surface area (Å²) in [5.74, 6) is -0.322. The van der Waals surface area contributed by atoms with Crippen molar-refractivity contribution in [2.45, 2.75) is 45.3 Å². The highest BCUT2D eigenvalue weighted by Gasteiger charge is 2.30. The number of amides is 2. The van der Waals surface area contributed by atoms with Crippen LogP contribution in [0, 0.1) is 0 Å². The largest absolute Gasteiger partial charge is 0.352 e. The highest BCUT2D eigenvalue weighted by atomic mass is 35.5. The Labute approximate surface area is 205 Å². The normalized spacial score (nSPS) is 11.8. The van der Waals surface area contributed by atoms with Crippen molar-refractivity contribution in [2.24, 2.45) is 0 Å². The van der Waals surface area contributed by atoms with Crippen LogP contribution in [0.25, 0.3) is 0 Å². The van der Waals surface area contributed by atoms with Crippen molar-refractivity contribution in [1.29, 1.82) is 0 Å². The van der Waals surface area contributed by atoms with Gasteiger partial charge < -0.3 is 10.2 Å². The molecule has 0 bridgehead atoms. The lowest BCUT2D eigenvalue weighted by molar-refractivity contribution is -0.141. The lowest BCUT2D eigenvalue weighted by atomic mass is 10.0. The van der Waals surface area contributed by atoms with E-state index in [4.69, 9.17) is 23.2 Å². The number of benzene rings is 3. The quantitative estimate of drug-likeness (QED) is 0.425. The summed E-state index contributed by atoms with van der Waals surface area (Å²) in [4.78, 5) is 28.6. The number of carbonyl (C=O) groups is 2. The number of rotatable bonds is 9. The number of hydrogen-bond donors (Lipinski definition) is 1. The van der Waals surface area contributed by atoms with Crippen LogP contribution in [-0.4, -0.2) is 28.8 Å². The van der Waals surface area contributed by atoms with Gasteiger partial charge in [0.1, 0.15) is 6.04 Å². The van der Waals surface area contributed by atoms with E-state index in [1.807, 2.05) is 74.5 Å². The molecular formula is C27H28Cl2N2O2. The highest BCUT2D eigenvalue weighted by molar-refractivity contribution is 6.30. The predicted molar refractivity (Wildman–Crippen MR) is 134 cm³/mol. The van der Waals surface area contributed by atoms with Crippen LogP contribution in [-0.2, 0) is 29.0 Å². The molecule has 33 heavy (non-hydrogen) atoms. The van der Waals surface area contributed by atoms with Crippen LogP contribution >= 0.6 is 23.2 Å². The average molecular weight is 483 g/mol. The monoisotopic (exact) mass is 482 g/mol. The smallest absolute Gasteiger partial charge is 0.243 e. The van der Waals surface area contributed by atoms with Crippen LogP contribution < -0.4 is 5.32 Å². The Morgan fingerprint density at radius 2 is 1.48 bits per heavy atom. The first-order valence-corrected chi connectivity index (χ1v) is 11.7. The molecule has 0 fully saturated rings. The maximum absolute atomic E-state index is 13.6. The van der Waals surface area contributed by atoms with Crippen molar-refractivity contribution in [3.63, 3.8) is 0 Å². The minimum atomic E-state index is -0.673. The van der Waals surface area contributed by atoms with Crippen LogP contribution in [0.2, 0.25) is 10.0 Å². The molecule has 1 atom stereocenters. The number of carbonyl (C=O) groups excluding carboxylic acids is 2. The summed E-state index contributed by atoms with van der Waals surface area (Å²) >= 11 is 12.2. The topological polar surface area (TPSA) is 49.4 Å². The van der Waals surface area contributed by atoms with E-state index < -0.39 is 6.04 Å². The van der Waals surface area contributed by atoms with Gasteiger partial charge in [-0.05, 0) is 54.8 Å². The molecule has 0 aliphatic rings. The van der Waals surface area contributed by atoms with Crippen LogP contribution in [0.3, 0.4) is 0 Å². The molecule has 3 aromatic rings. The van der Waals surface area contributed by atoms with Gasteiger partial charge in [-0.15, -0.1) is 0 Å². The van der Waals surface area contributed by atoms with Crippen molar-refractivity contribution < 1.29 is 9.59 Å². The first kappa shape index (κ1) is 24.8. The van der Waals surface area contributed by atoms with Gasteiger partial charge in [0.05, 0.1) is 6.42 Å². The summed E-state index contributed by atoms with van der Waals surface area (Å²) in [6, 6.07) is 23.6. The summed E-state index contributed by atoms with van der Waals surface area (Å²) in [6.45, 7) is 4.10. The average Bonchev–Trinajstić information content (AvgIpc) is 2.78. The molecule has 1 N–H and O–H groups in total. The molecule has 0 spiro atoms. The van der Waals surface area contributed by atoms with Crippen LogP contribution in [0.4, 0.5) is 0 Å². The SMILES string of the molecule is CC(C)NC(=O)[C@H](Cc1ccccc1)N(Cc1cccc(Cl)c1)C(=O)Cc1ccc(Cl)cc1. The van der Waals surface area contributed by atoms with E-state index in [2.05, 4.69) is 5.32 Å². The molecule has 3 aromatic carbocycles. The van der Waals surface area contributed by atoms with Crippen LogP contribution in [0.1, 0.15) is 30.5 Å². The maximum Gasteiger partial charge on any atom is 0.243 e. The Hall–Kier alpha value is -2.82. The van der Waals surface area contributed by atoms with E-state index in [1.165, 1.54) is 0 Å². The Morgan fingerprint density at radius 1 is 0.818 bits per heavy atom. The zero-order valence-electron chi connectivity index (χ0n) is 18.8. The van der Waals surface area contributed by atoms with Crippen molar-refractivity contribution in [2.75, 3.05) is 0 Å². The van der Waals surface area contributed by atoms with Gasteiger partial charge in [0.25, 0.3) is 0 Å². The van der Waals surface area contributed by atoms with Gasteiger partial charge in [-0.3, -0.25) is 9.59 Å². The minimum Gasteiger partial charge on any atom is -0.352 e. The number of nitrogens with zero attached hydrogens (tertiary/aromatic N) is 1. The van der Waals surface area contributed by atoms with E-state index >= 15 is 0 Å². The molecule has 0 aliphatic heterocycles. The molecule has 2 amide bonds. The van der Waals surface area contributed by atoms with Crippen molar-refractivity contribution in [3.05, 3.63) is 106 Å². The van der Waals surface area contributed by atoms with Gasteiger partial charge >= 0.3 is 0 Å². The summed E-state index contributed by atoms with van der Waals surface area (Å²) in [5.41, 5.74) is 2.68. The summed E-state index contributed by atoms with van der Waals surface area (Å²) in [6.07, 6.45) is 0.574. The van der Waals surface area contributed by atoms with Crippen molar-refractivity contribution in [3.8, 4) is 0 Å². The lowest BCUT2D eigenvalue weighted by Gasteiger charge is -2.32. The zero-order chi connectivity index (χ0) is 23.8. The standard InChI is InChI=1S/C27H28Cl2N2O2/c1-19(2)30-27(33)25(16-20-7-4-3-5-8-20)31(18-22-9-6-10-24(29)15-22)26(32)17-21-11-13-23(28)14-12-21/h3-15,19,25H,16-18H2,1-2H3,(H,30,33)/t25-/m0/s1. The maximum atomic E-state index is 13.6. The van der Waals surface area contributed by atoms with Crippen LogP contribution in [0.5, 0.6) is 0 Å². The number of halogens is 2. The highest BCUT2D eigenvalue weighted by Crippen LogP contribution is 2.19. The Morgan fingerprint density at radius 3 is 2.12 bits per heavy atom. The van der Waals surface area contributed by atoms with Gasteiger partial charge in [-0.25, -0.2) is 0 Å². The molecular weight excluding hydrogens is 455 g/mol. The Kier molecular flexibility index (Phi) is 8.93. The molecule has 0 heterocycles. The molecule has 0 radical (unpaired) electrons. The lowest BCUT2D eigenvalue weighted by Crippen LogP contribution is -2.52. The molecule has 0 unspecified atom stereocenters. The zero-order valence-corrected chi connectivity index (χ0v) is 20.3. The Balaban J connectivity index is 1.96. The molecule has 0 aromatic heterocycles. The molecule has 0 saturated carbocycles. The van der Waals surface area contributed by atoms with E-state index in [-0.39, 0.29) is 30.8 Å². The first-order valence-electron chi connectivity index (χ1n) is 10.9. The van der Waals surface area contributed by atoms with Gasteiger partial charge in [-0.1, -0.05) is 77.8 Å². The van der Waals surface area contributed by atoms with Gasteiger partial charge in [0.15, 0.2) is 0 Å². The predicted octanol–water partition coefficient (Wildman–Crippen LogP) is 5.70. The second-order valence-electron chi connectivity index (χ2n) is 8.32. The minimum absolute atomic E-state index is 0.0461. The Bertz CT molecular complexity index is 1070. The molecule has 0 saturated heterocycles. The second kappa shape index (κ2) is 11.9. The van der Waals surface area contributed by atoms with Crippen LogP contribution in [0.15, 0.2) is 78.9 Å². The molecule has 4 nitrogen and oxygen atoms in total. The summed E-state index contributed by atoms with van der Waals surface area (Å²) < 4.78 is 0. The molecule has 6 heteroatoms. The van der Waals surface area contributed by atoms with Crippen molar-refractivity contribution >= 4 is 35.0 Å². The fourth-order valence-corrected chi connectivity index (χ4v) is 3.98. The molecule has 0 aliphatic carbocycles. The van der Waals surface area contributed by atoms with E-state index in [9.17, 15) is 9.59 Å². The van der Waals surface area contributed by atoms with Gasteiger partial charge in [0.2, 0.25) is 11.8 Å². The number of nitrogens with one attached hydrogen (secondary N) is 1. The van der Waals surface area contributed by atoms with Gasteiger partial charge in [-0.2, -0.15) is 0 Å². The third-order valence-corrected chi connectivity index (χ3v) is 5.70. The first-order chi connectivity index (χ1) is 15.8. The number of hydrogen-bond acceptors (Lipinski definition) is 2. The fraction of sp³-hybridized carbons (Fsp3) is 0.259. The fourth-order valence-electron chi connectivity index (χ4n) is 3.65. The second-order valence-corrected chi connectivity index (χ2v) is 9.20. The third-order valence-electron chi connectivity index (χ3n) is 5.21.